The fourth-order valence-electron chi connectivity index (χ4n) is 1.93. The summed E-state index contributed by atoms with van der Waals surface area (Å²) in [5.41, 5.74) is 2.87. The second kappa shape index (κ2) is 7.78. The zero-order valence-electron chi connectivity index (χ0n) is 11.5. The molecule has 1 nitrogen and oxygen atoms in total. The van der Waals surface area contributed by atoms with Gasteiger partial charge in [-0.2, -0.15) is 11.8 Å². The normalized spacial score (nSPS) is 13.0. The van der Waals surface area contributed by atoms with E-state index in [2.05, 4.69) is 56.7 Å². The van der Waals surface area contributed by atoms with Crippen LogP contribution in [-0.2, 0) is 6.42 Å². The van der Waals surface area contributed by atoms with Crippen LogP contribution < -0.4 is 5.32 Å². The fraction of sp³-hybridized carbons (Fsp3) is 0.600. The van der Waals surface area contributed by atoms with E-state index in [0.717, 1.165) is 6.42 Å². The van der Waals surface area contributed by atoms with Crippen LogP contribution in [0.2, 0.25) is 0 Å². The molecule has 0 aliphatic rings. The van der Waals surface area contributed by atoms with Gasteiger partial charge in [-0.15, -0.1) is 0 Å². The minimum Gasteiger partial charge on any atom is -0.317 e. The van der Waals surface area contributed by atoms with Gasteiger partial charge < -0.3 is 5.32 Å². The fourth-order valence-corrected chi connectivity index (χ4v) is 2.45. The molecule has 1 aromatic carbocycles. The van der Waals surface area contributed by atoms with Crippen LogP contribution in [0.1, 0.15) is 37.3 Å². The van der Waals surface area contributed by atoms with Crippen LogP contribution >= 0.6 is 11.8 Å². The van der Waals surface area contributed by atoms with E-state index in [1.807, 2.05) is 11.8 Å². The molecule has 0 bridgehead atoms. The van der Waals surface area contributed by atoms with E-state index in [1.54, 1.807) is 0 Å². The lowest BCUT2D eigenvalue weighted by atomic mass is 9.98. The van der Waals surface area contributed by atoms with Crippen LogP contribution in [0.25, 0.3) is 0 Å². The highest BCUT2D eigenvalue weighted by molar-refractivity contribution is 7.98. The van der Waals surface area contributed by atoms with Crippen LogP contribution in [0.4, 0.5) is 0 Å². The Morgan fingerprint density at radius 3 is 2.29 bits per heavy atom. The summed E-state index contributed by atoms with van der Waals surface area (Å²) in [5.74, 6) is 1.86. The Labute approximate surface area is 110 Å². The quantitative estimate of drug-likeness (QED) is 0.793. The zero-order chi connectivity index (χ0) is 12.7. The average molecular weight is 251 g/mol. The van der Waals surface area contributed by atoms with Gasteiger partial charge in [-0.3, -0.25) is 0 Å². The predicted octanol–water partition coefficient (Wildman–Crippen LogP) is 3.69. The number of likely N-dealkylation sites (N-methyl/N-ethyl adjacent to an activating group) is 1. The number of hydrogen-bond acceptors (Lipinski definition) is 2. The molecule has 0 saturated carbocycles. The Balaban J connectivity index is 2.54. The van der Waals surface area contributed by atoms with Crippen molar-refractivity contribution in [3.8, 4) is 0 Å². The smallest absolute Gasteiger partial charge is 0.0112 e. The van der Waals surface area contributed by atoms with Crippen molar-refractivity contribution >= 4 is 11.8 Å². The van der Waals surface area contributed by atoms with Crippen molar-refractivity contribution in [2.24, 2.45) is 0 Å². The topological polar surface area (TPSA) is 12.0 Å². The molecule has 0 spiro atoms. The van der Waals surface area contributed by atoms with Crippen LogP contribution in [-0.4, -0.2) is 25.1 Å². The molecule has 96 valence electrons. The van der Waals surface area contributed by atoms with Gasteiger partial charge in [0, 0.05) is 6.04 Å². The molecule has 17 heavy (non-hydrogen) atoms. The minimum atomic E-state index is 0.604. The summed E-state index contributed by atoms with van der Waals surface area (Å²) in [6, 6.07) is 9.69. The van der Waals surface area contributed by atoms with Crippen molar-refractivity contribution in [2.45, 2.75) is 38.6 Å². The minimum absolute atomic E-state index is 0.604. The third-order valence-corrected chi connectivity index (χ3v) is 3.85. The third-order valence-electron chi connectivity index (χ3n) is 3.21. The van der Waals surface area contributed by atoms with Gasteiger partial charge >= 0.3 is 0 Å². The Morgan fingerprint density at radius 1 is 1.18 bits per heavy atom. The summed E-state index contributed by atoms with van der Waals surface area (Å²) in [6.07, 6.45) is 4.54. The van der Waals surface area contributed by atoms with Gasteiger partial charge in [-0.25, -0.2) is 0 Å². The van der Waals surface area contributed by atoms with E-state index in [9.17, 15) is 0 Å². The summed E-state index contributed by atoms with van der Waals surface area (Å²) in [7, 11) is 2.06. The first-order valence-electron chi connectivity index (χ1n) is 6.42. The molecular weight excluding hydrogens is 226 g/mol. The highest BCUT2D eigenvalue weighted by Crippen LogP contribution is 2.16. The highest BCUT2D eigenvalue weighted by Gasteiger charge is 2.07. The average Bonchev–Trinajstić information content (AvgIpc) is 2.35. The molecule has 0 radical (unpaired) electrons. The van der Waals surface area contributed by atoms with Crippen LogP contribution in [0.3, 0.4) is 0 Å². The van der Waals surface area contributed by atoms with E-state index >= 15 is 0 Å². The van der Waals surface area contributed by atoms with Gasteiger partial charge in [0.05, 0.1) is 0 Å². The SMILES string of the molecule is CNC(CCSC)Cc1ccc(C(C)C)cc1. The first-order valence-corrected chi connectivity index (χ1v) is 7.81. The van der Waals surface area contributed by atoms with E-state index in [0.29, 0.717) is 12.0 Å². The van der Waals surface area contributed by atoms with Crippen molar-refractivity contribution in [3.05, 3.63) is 35.4 Å². The molecule has 0 saturated heterocycles. The summed E-state index contributed by atoms with van der Waals surface area (Å²) < 4.78 is 0. The van der Waals surface area contributed by atoms with Crippen LogP contribution in [0.5, 0.6) is 0 Å². The number of thioether (sulfide) groups is 1. The molecule has 0 heterocycles. The molecule has 1 rings (SSSR count). The molecular formula is C15H25NS. The van der Waals surface area contributed by atoms with Crippen molar-refractivity contribution < 1.29 is 0 Å². The summed E-state index contributed by atoms with van der Waals surface area (Å²) in [5, 5.41) is 3.41. The van der Waals surface area contributed by atoms with E-state index in [1.165, 1.54) is 23.3 Å². The second-order valence-electron chi connectivity index (χ2n) is 4.87. The molecule has 1 atom stereocenters. The lowest BCUT2D eigenvalue weighted by Gasteiger charge is -2.16. The molecule has 1 unspecified atom stereocenters. The molecule has 0 amide bonds. The lowest BCUT2D eigenvalue weighted by Crippen LogP contribution is -2.28. The number of nitrogens with one attached hydrogen (secondary N) is 1. The van der Waals surface area contributed by atoms with Crippen molar-refractivity contribution in [3.63, 3.8) is 0 Å². The monoisotopic (exact) mass is 251 g/mol. The molecule has 1 N–H and O–H groups in total. The molecule has 0 aliphatic carbocycles. The number of rotatable bonds is 7. The van der Waals surface area contributed by atoms with E-state index < -0.39 is 0 Å². The van der Waals surface area contributed by atoms with Gasteiger partial charge in [0.15, 0.2) is 0 Å². The highest BCUT2D eigenvalue weighted by atomic mass is 32.2. The number of hydrogen-bond donors (Lipinski definition) is 1. The largest absolute Gasteiger partial charge is 0.317 e. The lowest BCUT2D eigenvalue weighted by molar-refractivity contribution is 0.547. The van der Waals surface area contributed by atoms with Crippen LogP contribution in [0.15, 0.2) is 24.3 Å². The van der Waals surface area contributed by atoms with E-state index in [-0.39, 0.29) is 0 Å². The van der Waals surface area contributed by atoms with Gasteiger partial charge in [0.2, 0.25) is 0 Å². The van der Waals surface area contributed by atoms with Gasteiger partial charge in [0.1, 0.15) is 0 Å². The maximum atomic E-state index is 3.41. The summed E-state index contributed by atoms with van der Waals surface area (Å²) >= 11 is 1.92. The molecule has 0 fully saturated rings. The maximum Gasteiger partial charge on any atom is 0.0112 e. The zero-order valence-corrected chi connectivity index (χ0v) is 12.3. The van der Waals surface area contributed by atoms with Crippen molar-refractivity contribution in [2.75, 3.05) is 19.1 Å². The molecule has 0 aromatic heterocycles. The van der Waals surface area contributed by atoms with Gasteiger partial charge in [0.25, 0.3) is 0 Å². The molecule has 2 heteroatoms. The summed E-state index contributed by atoms with van der Waals surface area (Å²) in [6.45, 7) is 4.48. The van der Waals surface area contributed by atoms with Crippen molar-refractivity contribution in [1.82, 2.24) is 5.32 Å². The van der Waals surface area contributed by atoms with E-state index in [4.69, 9.17) is 0 Å². The van der Waals surface area contributed by atoms with Crippen molar-refractivity contribution in [1.29, 1.82) is 0 Å². The Bertz CT molecular complexity index is 305. The molecule has 1 aromatic rings. The van der Waals surface area contributed by atoms with Crippen LogP contribution in [0, 0.1) is 0 Å². The Kier molecular flexibility index (Phi) is 6.68. The summed E-state index contributed by atoms with van der Waals surface area (Å²) in [4.78, 5) is 0. The Morgan fingerprint density at radius 2 is 1.82 bits per heavy atom. The predicted molar refractivity (Wildman–Crippen MR) is 80.1 cm³/mol. The third kappa shape index (κ3) is 5.13. The molecule has 0 aliphatic heterocycles. The maximum absolute atomic E-state index is 3.41. The van der Waals surface area contributed by atoms with Gasteiger partial charge in [-0.05, 0) is 48.9 Å². The second-order valence-corrected chi connectivity index (χ2v) is 5.85. The Hall–Kier alpha value is -0.470. The standard InChI is InChI=1S/C15H25NS/c1-12(2)14-7-5-13(6-8-14)11-15(16-3)9-10-17-4/h5-8,12,15-16H,9-11H2,1-4H3. The first kappa shape index (κ1) is 14.6. The first-order chi connectivity index (χ1) is 8.17. The number of benzene rings is 1. The van der Waals surface area contributed by atoms with Gasteiger partial charge in [-0.1, -0.05) is 38.1 Å².